The largest absolute Gasteiger partial charge is 0.362 e. The third-order valence-corrected chi connectivity index (χ3v) is 5.56. The molecule has 3 aromatic rings. The molecule has 3 rings (SSSR count). The zero-order valence-corrected chi connectivity index (χ0v) is 17.6. The van der Waals surface area contributed by atoms with Gasteiger partial charge in [0.05, 0.1) is 5.69 Å². The normalized spacial score (nSPS) is 10.9. The molecule has 0 spiro atoms. The molecule has 0 atom stereocenters. The van der Waals surface area contributed by atoms with E-state index >= 15 is 0 Å². The Bertz CT molecular complexity index is 775. The molecule has 0 saturated carbocycles. The van der Waals surface area contributed by atoms with Gasteiger partial charge in [0.2, 0.25) is 0 Å². The lowest BCUT2D eigenvalue weighted by Gasteiger charge is -2.28. The van der Waals surface area contributed by atoms with E-state index in [-0.39, 0.29) is 0 Å². The summed E-state index contributed by atoms with van der Waals surface area (Å²) in [6.45, 7) is 2.75. The van der Waals surface area contributed by atoms with E-state index in [2.05, 4.69) is 125 Å². The number of hydrogen-bond donors (Lipinski definition) is 0. The van der Waals surface area contributed by atoms with Crippen LogP contribution in [0.3, 0.4) is 0 Å². The molecule has 2 nitrogen and oxygen atoms in total. The molecule has 0 N–H and O–H groups in total. The highest BCUT2D eigenvalue weighted by Gasteiger charge is 2.14. The van der Waals surface area contributed by atoms with Crippen molar-refractivity contribution in [2.45, 2.75) is 19.6 Å². The molecule has 0 bridgehead atoms. The van der Waals surface area contributed by atoms with Gasteiger partial charge in [-0.2, -0.15) is 0 Å². The van der Waals surface area contributed by atoms with Gasteiger partial charge in [-0.25, -0.2) is 0 Å². The lowest BCUT2D eigenvalue weighted by molar-refractivity contribution is 0.401. The molecular formula is C23H25IN2. The Morgan fingerprint density at radius 2 is 1.19 bits per heavy atom. The Morgan fingerprint density at radius 3 is 1.69 bits per heavy atom. The lowest BCUT2D eigenvalue weighted by atomic mass is 10.1. The van der Waals surface area contributed by atoms with Gasteiger partial charge in [0.15, 0.2) is 0 Å². The van der Waals surface area contributed by atoms with Crippen molar-refractivity contribution in [3.63, 3.8) is 0 Å². The van der Waals surface area contributed by atoms with E-state index in [9.17, 15) is 0 Å². The number of halogens is 1. The Kier molecular flexibility index (Phi) is 6.69. The summed E-state index contributed by atoms with van der Waals surface area (Å²) in [6, 6.07) is 28.1. The molecule has 0 amide bonds. The monoisotopic (exact) mass is 456 g/mol. The summed E-state index contributed by atoms with van der Waals surface area (Å²) >= 11 is 2.51. The van der Waals surface area contributed by atoms with Crippen molar-refractivity contribution in [2.75, 3.05) is 19.0 Å². The minimum absolute atomic E-state index is 0.900. The van der Waals surface area contributed by atoms with Gasteiger partial charge in [-0.15, -0.1) is 0 Å². The van der Waals surface area contributed by atoms with Crippen LogP contribution in [0.25, 0.3) is 0 Å². The molecule has 0 aliphatic rings. The van der Waals surface area contributed by atoms with E-state index in [4.69, 9.17) is 0 Å². The molecule has 26 heavy (non-hydrogen) atoms. The van der Waals surface area contributed by atoms with Crippen molar-refractivity contribution < 1.29 is 0 Å². The third-order valence-electron chi connectivity index (χ3n) is 4.32. The Labute approximate surface area is 170 Å². The number of benzene rings is 3. The van der Waals surface area contributed by atoms with Gasteiger partial charge in [0, 0.05) is 23.2 Å². The van der Waals surface area contributed by atoms with Crippen LogP contribution in [0.2, 0.25) is 0 Å². The maximum atomic E-state index is 2.51. The first-order valence-electron chi connectivity index (χ1n) is 8.88. The van der Waals surface area contributed by atoms with E-state index in [1.165, 1.54) is 25.9 Å². The topological polar surface area (TPSA) is 6.48 Å². The molecule has 0 aliphatic carbocycles. The summed E-state index contributed by atoms with van der Waals surface area (Å²) < 4.78 is 1.34. The van der Waals surface area contributed by atoms with Gasteiger partial charge in [-0.3, -0.25) is 0 Å². The van der Waals surface area contributed by atoms with Gasteiger partial charge in [0.1, 0.15) is 0 Å². The molecular weight excluding hydrogens is 431 g/mol. The van der Waals surface area contributed by atoms with Crippen LogP contribution in [-0.2, 0) is 19.6 Å². The molecule has 0 fully saturated rings. The first kappa shape index (κ1) is 18.9. The molecule has 3 heteroatoms. The SMILES string of the molecule is CN(C)Cc1cccc(N(Cc2ccccc2)Cc2ccccc2)c1I. The lowest BCUT2D eigenvalue weighted by Crippen LogP contribution is -2.24. The van der Waals surface area contributed by atoms with E-state index in [0.717, 1.165) is 19.6 Å². The fourth-order valence-electron chi connectivity index (χ4n) is 3.11. The molecule has 134 valence electrons. The number of anilines is 1. The smallest absolute Gasteiger partial charge is 0.0511 e. The third kappa shape index (κ3) is 5.08. The van der Waals surface area contributed by atoms with Crippen LogP contribution in [0.4, 0.5) is 5.69 Å². The quantitative estimate of drug-likeness (QED) is 0.430. The van der Waals surface area contributed by atoms with Gasteiger partial charge >= 0.3 is 0 Å². The number of nitrogens with zero attached hydrogens (tertiary/aromatic N) is 2. The van der Waals surface area contributed by atoms with Crippen LogP contribution in [0, 0.1) is 3.57 Å². The molecule has 3 aromatic carbocycles. The van der Waals surface area contributed by atoms with Gasteiger partial charge in [-0.05, 0) is 59.4 Å². The van der Waals surface area contributed by atoms with Gasteiger partial charge in [0.25, 0.3) is 0 Å². The average Bonchev–Trinajstić information content (AvgIpc) is 2.64. The predicted octanol–water partition coefficient (Wildman–Crippen LogP) is 5.56. The molecule has 0 heterocycles. The highest BCUT2D eigenvalue weighted by molar-refractivity contribution is 14.1. The first-order chi connectivity index (χ1) is 12.6. The van der Waals surface area contributed by atoms with Gasteiger partial charge in [-0.1, -0.05) is 72.8 Å². The highest BCUT2D eigenvalue weighted by Crippen LogP contribution is 2.29. The van der Waals surface area contributed by atoms with Crippen LogP contribution in [0.1, 0.15) is 16.7 Å². The molecule has 0 saturated heterocycles. The Morgan fingerprint density at radius 1 is 0.654 bits per heavy atom. The van der Waals surface area contributed by atoms with E-state index in [1.807, 2.05) is 0 Å². The van der Waals surface area contributed by atoms with Crippen molar-refractivity contribution in [2.24, 2.45) is 0 Å². The second-order valence-electron chi connectivity index (χ2n) is 6.82. The summed E-state index contributed by atoms with van der Waals surface area (Å²) in [4.78, 5) is 4.70. The second kappa shape index (κ2) is 9.19. The van der Waals surface area contributed by atoms with Crippen LogP contribution in [-0.4, -0.2) is 19.0 Å². The van der Waals surface area contributed by atoms with Gasteiger partial charge < -0.3 is 9.80 Å². The first-order valence-corrected chi connectivity index (χ1v) is 9.96. The maximum Gasteiger partial charge on any atom is 0.0511 e. The Balaban J connectivity index is 1.94. The maximum absolute atomic E-state index is 2.51. The van der Waals surface area contributed by atoms with E-state index < -0.39 is 0 Å². The highest BCUT2D eigenvalue weighted by atomic mass is 127. The fourth-order valence-corrected chi connectivity index (χ4v) is 3.98. The molecule has 0 unspecified atom stereocenters. The van der Waals surface area contributed by atoms with Crippen molar-refractivity contribution in [1.82, 2.24) is 4.90 Å². The van der Waals surface area contributed by atoms with E-state index in [0.29, 0.717) is 0 Å². The van der Waals surface area contributed by atoms with Crippen molar-refractivity contribution in [1.29, 1.82) is 0 Å². The summed E-state index contributed by atoms with van der Waals surface area (Å²) in [5.74, 6) is 0. The van der Waals surface area contributed by atoms with Crippen molar-refractivity contribution in [3.05, 3.63) is 99.1 Å². The number of rotatable bonds is 7. The minimum Gasteiger partial charge on any atom is -0.362 e. The summed E-state index contributed by atoms with van der Waals surface area (Å²) in [6.07, 6.45) is 0. The van der Waals surface area contributed by atoms with Crippen LogP contribution >= 0.6 is 22.6 Å². The molecule has 0 aromatic heterocycles. The van der Waals surface area contributed by atoms with Crippen LogP contribution < -0.4 is 4.90 Å². The minimum atomic E-state index is 0.900. The van der Waals surface area contributed by atoms with Crippen LogP contribution in [0.15, 0.2) is 78.9 Å². The zero-order valence-electron chi connectivity index (χ0n) is 15.4. The fraction of sp³-hybridized carbons (Fsp3) is 0.217. The average molecular weight is 456 g/mol. The predicted molar refractivity (Wildman–Crippen MR) is 119 cm³/mol. The second-order valence-corrected chi connectivity index (χ2v) is 7.89. The van der Waals surface area contributed by atoms with Crippen molar-refractivity contribution >= 4 is 28.3 Å². The standard InChI is InChI=1S/C23H25IN2/c1-25(2)18-21-14-9-15-22(23(21)24)26(16-19-10-5-3-6-11-19)17-20-12-7-4-8-13-20/h3-15H,16-18H2,1-2H3. The summed E-state index contributed by atoms with van der Waals surface area (Å²) in [5.41, 5.74) is 5.34. The summed E-state index contributed by atoms with van der Waals surface area (Å²) in [5, 5.41) is 0. The van der Waals surface area contributed by atoms with Crippen molar-refractivity contribution in [3.8, 4) is 0 Å². The molecule has 0 aliphatic heterocycles. The number of hydrogen-bond acceptors (Lipinski definition) is 2. The summed E-state index contributed by atoms with van der Waals surface area (Å²) in [7, 11) is 4.24. The van der Waals surface area contributed by atoms with Crippen LogP contribution in [0.5, 0.6) is 0 Å². The molecule has 0 radical (unpaired) electrons. The van der Waals surface area contributed by atoms with E-state index in [1.54, 1.807) is 0 Å². The zero-order chi connectivity index (χ0) is 18.4. The Hall–Kier alpha value is -1.85.